The van der Waals surface area contributed by atoms with E-state index in [4.69, 9.17) is 16.9 Å². The summed E-state index contributed by atoms with van der Waals surface area (Å²) in [6.45, 7) is 4.02. The van der Waals surface area contributed by atoms with E-state index in [1.807, 2.05) is 32.0 Å². The fourth-order valence-electron chi connectivity index (χ4n) is 1.28. The molecule has 1 unspecified atom stereocenters. The van der Waals surface area contributed by atoms with E-state index in [9.17, 15) is 0 Å². The van der Waals surface area contributed by atoms with Gasteiger partial charge >= 0.3 is 0 Å². The van der Waals surface area contributed by atoms with Crippen LogP contribution in [0.15, 0.2) is 18.2 Å². The van der Waals surface area contributed by atoms with Crippen LogP contribution in [0, 0.1) is 18.3 Å². The Morgan fingerprint density at radius 2 is 2.23 bits per heavy atom. The summed E-state index contributed by atoms with van der Waals surface area (Å²) >= 11 is 6.05. The van der Waals surface area contributed by atoms with E-state index in [1.54, 1.807) is 0 Å². The fourth-order valence-corrected chi connectivity index (χ4v) is 1.70. The molecule has 0 aliphatic heterocycles. The third-order valence-corrected chi connectivity index (χ3v) is 2.41. The minimum absolute atomic E-state index is 0.220. The SMILES string of the molecule is Cc1ccc(C(C)CC#N)c(Cl)c1. The number of rotatable bonds is 2. The molecular weight excluding hydrogens is 182 g/mol. The summed E-state index contributed by atoms with van der Waals surface area (Å²) in [5.74, 6) is 0.220. The Bertz CT molecular complexity index is 338. The van der Waals surface area contributed by atoms with E-state index in [0.29, 0.717) is 6.42 Å². The minimum Gasteiger partial charge on any atom is -0.198 e. The van der Waals surface area contributed by atoms with Gasteiger partial charge in [-0.2, -0.15) is 5.26 Å². The Morgan fingerprint density at radius 1 is 1.54 bits per heavy atom. The second-order valence-corrected chi connectivity index (χ2v) is 3.70. The lowest BCUT2D eigenvalue weighted by Gasteiger charge is -2.10. The summed E-state index contributed by atoms with van der Waals surface area (Å²) in [6, 6.07) is 8.11. The van der Waals surface area contributed by atoms with Crippen LogP contribution in [0.3, 0.4) is 0 Å². The molecule has 68 valence electrons. The zero-order valence-corrected chi connectivity index (χ0v) is 8.60. The van der Waals surface area contributed by atoms with Gasteiger partial charge < -0.3 is 0 Å². The highest BCUT2D eigenvalue weighted by Crippen LogP contribution is 2.27. The van der Waals surface area contributed by atoms with Crippen LogP contribution in [0.1, 0.15) is 30.4 Å². The van der Waals surface area contributed by atoms with Gasteiger partial charge in [0.2, 0.25) is 0 Å². The Hall–Kier alpha value is -1.00. The smallest absolute Gasteiger partial charge is 0.0628 e. The molecule has 1 aromatic rings. The van der Waals surface area contributed by atoms with E-state index in [0.717, 1.165) is 16.1 Å². The molecule has 1 aromatic carbocycles. The highest BCUT2D eigenvalue weighted by molar-refractivity contribution is 6.31. The number of halogens is 1. The van der Waals surface area contributed by atoms with Gasteiger partial charge in [0.15, 0.2) is 0 Å². The van der Waals surface area contributed by atoms with Gasteiger partial charge in [0.25, 0.3) is 0 Å². The highest BCUT2D eigenvalue weighted by Gasteiger charge is 2.08. The summed E-state index contributed by atoms with van der Waals surface area (Å²) in [5, 5.41) is 9.32. The molecule has 2 heteroatoms. The topological polar surface area (TPSA) is 23.8 Å². The Balaban J connectivity index is 2.96. The molecule has 0 saturated heterocycles. The van der Waals surface area contributed by atoms with E-state index >= 15 is 0 Å². The average Bonchev–Trinajstić information content (AvgIpc) is 2.04. The van der Waals surface area contributed by atoms with Crippen molar-refractivity contribution in [1.29, 1.82) is 5.26 Å². The number of benzene rings is 1. The predicted octanol–water partition coefficient (Wildman–Crippen LogP) is 3.67. The third kappa shape index (κ3) is 2.47. The van der Waals surface area contributed by atoms with Crippen molar-refractivity contribution in [3.8, 4) is 6.07 Å². The van der Waals surface area contributed by atoms with Crippen molar-refractivity contribution < 1.29 is 0 Å². The van der Waals surface area contributed by atoms with E-state index in [1.165, 1.54) is 0 Å². The van der Waals surface area contributed by atoms with Crippen molar-refractivity contribution >= 4 is 11.6 Å². The zero-order valence-electron chi connectivity index (χ0n) is 7.84. The third-order valence-electron chi connectivity index (χ3n) is 2.08. The first-order valence-electron chi connectivity index (χ1n) is 4.28. The van der Waals surface area contributed by atoms with Gasteiger partial charge in [-0.3, -0.25) is 0 Å². The molecule has 0 spiro atoms. The fraction of sp³-hybridized carbons (Fsp3) is 0.364. The van der Waals surface area contributed by atoms with Crippen LogP contribution in [-0.2, 0) is 0 Å². The first kappa shape index (κ1) is 10.1. The van der Waals surface area contributed by atoms with E-state index < -0.39 is 0 Å². The second-order valence-electron chi connectivity index (χ2n) is 3.29. The van der Waals surface area contributed by atoms with Crippen LogP contribution in [0.4, 0.5) is 0 Å². The van der Waals surface area contributed by atoms with Crippen molar-refractivity contribution in [2.24, 2.45) is 0 Å². The number of nitrogens with zero attached hydrogens (tertiary/aromatic N) is 1. The standard InChI is InChI=1S/C11H12ClN/c1-8-3-4-10(11(12)7-8)9(2)5-6-13/h3-4,7,9H,5H2,1-2H3. The van der Waals surface area contributed by atoms with Crippen LogP contribution in [-0.4, -0.2) is 0 Å². The van der Waals surface area contributed by atoms with Crippen molar-refractivity contribution in [1.82, 2.24) is 0 Å². The zero-order chi connectivity index (χ0) is 9.84. The molecule has 0 bridgehead atoms. The summed E-state index contributed by atoms with van der Waals surface area (Å²) < 4.78 is 0. The lowest BCUT2D eigenvalue weighted by atomic mass is 9.97. The van der Waals surface area contributed by atoms with Gasteiger partial charge in [-0.15, -0.1) is 0 Å². The molecule has 0 fully saturated rings. The normalized spacial score (nSPS) is 12.2. The number of hydrogen-bond acceptors (Lipinski definition) is 1. The predicted molar refractivity (Wildman–Crippen MR) is 54.8 cm³/mol. The number of nitriles is 1. The van der Waals surface area contributed by atoms with E-state index in [-0.39, 0.29) is 5.92 Å². The molecule has 1 rings (SSSR count). The largest absolute Gasteiger partial charge is 0.198 e. The maximum atomic E-state index is 8.55. The van der Waals surface area contributed by atoms with Crippen molar-refractivity contribution in [3.05, 3.63) is 34.3 Å². The van der Waals surface area contributed by atoms with Gasteiger partial charge in [-0.05, 0) is 30.0 Å². The summed E-state index contributed by atoms with van der Waals surface area (Å²) in [6.07, 6.45) is 0.517. The molecular formula is C11H12ClN. The Morgan fingerprint density at radius 3 is 2.77 bits per heavy atom. The lowest BCUT2D eigenvalue weighted by molar-refractivity contribution is 0.789. The second kappa shape index (κ2) is 4.30. The molecule has 0 heterocycles. The van der Waals surface area contributed by atoms with Crippen LogP contribution >= 0.6 is 11.6 Å². The van der Waals surface area contributed by atoms with Gasteiger partial charge in [-0.25, -0.2) is 0 Å². The molecule has 0 N–H and O–H groups in total. The molecule has 0 aliphatic carbocycles. The maximum absolute atomic E-state index is 8.55. The number of hydrogen-bond donors (Lipinski definition) is 0. The molecule has 0 aliphatic rings. The van der Waals surface area contributed by atoms with Gasteiger partial charge in [-0.1, -0.05) is 30.7 Å². The lowest BCUT2D eigenvalue weighted by Crippen LogP contribution is -1.93. The molecule has 1 atom stereocenters. The van der Waals surface area contributed by atoms with Crippen molar-refractivity contribution in [3.63, 3.8) is 0 Å². The summed E-state index contributed by atoms with van der Waals surface area (Å²) in [7, 11) is 0. The average molecular weight is 194 g/mol. The molecule has 0 radical (unpaired) electrons. The molecule has 0 aromatic heterocycles. The summed E-state index contributed by atoms with van der Waals surface area (Å²) in [4.78, 5) is 0. The first-order valence-corrected chi connectivity index (χ1v) is 4.66. The van der Waals surface area contributed by atoms with Crippen molar-refractivity contribution in [2.75, 3.05) is 0 Å². The van der Waals surface area contributed by atoms with Gasteiger partial charge in [0.1, 0.15) is 0 Å². The Kier molecular flexibility index (Phi) is 3.33. The Labute approximate surface area is 84.0 Å². The first-order chi connectivity index (χ1) is 6.15. The minimum atomic E-state index is 0.220. The van der Waals surface area contributed by atoms with Crippen LogP contribution in [0.5, 0.6) is 0 Å². The van der Waals surface area contributed by atoms with Crippen LogP contribution in [0.2, 0.25) is 5.02 Å². The quantitative estimate of drug-likeness (QED) is 0.703. The monoisotopic (exact) mass is 193 g/mol. The van der Waals surface area contributed by atoms with Gasteiger partial charge in [0, 0.05) is 11.4 Å². The van der Waals surface area contributed by atoms with Crippen molar-refractivity contribution in [2.45, 2.75) is 26.2 Å². The van der Waals surface area contributed by atoms with E-state index in [2.05, 4.69) is 6.07 Å². The molecule has 13 heavy (non-hydrogen) atoms. The number of aryl methyl sites for hydroxylation is 1. The highest BCUT2D eigenvalue weighted by atomic mass is 35.5. The summed E-state index contributed by atoms with van der Waals surface area (Å²) in [5.41, 5.74) is 2.21. The van der Waals surface area contributed by atoms with Crippen LogP contribution < -0.4 is 0 Å². The van der Waals surface area contributed by atoms with Gasteiger partial charge in [0.05, 0.1) is 6.07 Å². The van der Waals surface area contributed by atoms with Crippen LogP contribution in [0.25, 0.3) is 0 Å². The molecule has 1 nitrogen and oxygen atoms in total. The maximum Gasteiger partial charge on any atom is 0.0628 e. The molecule has 0 saturated carbocycles. The molecule has 0 amide bonds.